The molecule has 0 radical (unpaired) electrons. The fraction of sp³-hybridized carbons (Fsp3) is 0.250. The lowest BCUT2D eigenvalue weighted by Crippen LogP contribution is -2.31. The SMILES string of the molecule is CCCc1nc2c(C)cc(N/C(=N\S(N)(=O)=O)N(C)C)cc2n1Cc1ccc(-c2ccccc2C(=O)O)cc1. The lowest BCUT2D eigenvalue weighted by molar-refractivity contribution is 0.0697. The van der Waals surface area contributed by atoms with Gasteiger partial charge in [0.2, 0.25) is 5.96 Å². The molecule has 10 nitrogen and oxygen atoms in total. The lowest BCUT2D eigenvalue weighted by atomic mass is 9.99. The molecule has 0 aliphatic heterocycles. The van der Waals surface area contributed by atoms with Gasteiger partial charge in [0.1, 0.15) is 5.82 Å². The number of anilines is 1. The van der Waals surface area contributed by atoms with Crippen LogP contribution in [-0.2, 0) is 23.2 Å². The first-order valence-corrected chi connectivity index (χ1v) is 14.0. The van der Waals surface area contributed by atoms with Crippen molar-refractivity contribution in [2.24, 2.45) is 9.54 Å². The predicted molar refractivity (Wildman–Crippen MR) is 154 cm³/mol. The number of benzene rings is 3. The first-order valence-electron chi connectivity index (χ1n) is 12.4. The highest BCUT2D eigenvalue weighted by molar-refractivity contribution is 7.88. The summed E-state index contributed by atoms with van der Waals surface area (Å²) in [6, 6.07) is 18.6. The molecule has 4 aromatic rings. The number of carboxylic acid groups (broad SMARTS) is 1. The van der Waals surface area contributed by atoms with Crippen LogP contribution < -0.4 is 10.5 Å². The van der Waals surface area contributed by atoms with E-state index in [2.05, 4.69) is 21.2 Å². The van der Waals surface area contributed by atoms with E-state index in [1.165, 1.54) is 4.90 Å². The van der Waals surface area contributed by atoms with Crippen molar-refractivity contribution in [1.82, 2.24) is 14.5 Å². The Bertz CT molecular complexity index is 1660. The molecule has 0 atom stereocenters. The topological polar surface area (TPSA) is 143 Å². The molecule has 4 N–H and O–H groups in total. The van der Waals surface area contributed by atoms with E-state index in [4.69, 9.17) is 10.1 Å². The van der Waals surface area contributed by atoms with Gasteiger partial charge in [-0.1, -0.05) is 49.4 Å². The van der Waals surface area contributed by atoms with E-state index in [1.54, 1.807) is 32.3 Å². The largest absolute Gasteiger partial charge is 0.478 e. The quantitative estimate of drug-likeness (QED) is 0.221. The number of fused-ring (bicyclic) bond motifs is 1. The van der Waals surface area contributed by atoms with Gasteiger partial charge in [-0.25, -0.2) is 14.9 Å². The molecule has 0 aliphatic rings. The first-order chi connectivity index (χ1) is 18.5. The van der Waals surface area contributed by atoms with Crippen LogP contribution in [0.25, 0.3) is 22.2 Å². The second-order valence-electron chi connectivity index (χ2n) is 9.52. The molecule has 4 rings (SSSR count). The number of hydrogen-bond donors (Lipinski definition) is 3. The molecule has 0 spiro atoms. The summed E-state index contributed by atoms with van der Waals surface area (Å²) in [4.78, 5) is 18.1. The number of nitrogens with two attached hydrogens (primary N) is 1. The molecule has 204 valence electrons. The first kappa shape index (κ1) is 27.8. The van der Waals surface area contributed by atoms with Gasteiger partial charge >= 0.3 is 16.2 Å². The third-order valence-electron chi connectivity index (χ3n) is 6.25. The Hall–Kier alpha value is -4.22. The Morgan fingerprint density at radius 3 is 2.44 bits per heavy atom. The van der Waals surface area contributed by atoms with Crippen molar-refractivity contribution in [2.45, 2.75) is 33.2 Å². The van der Waals surface area contributed by atoms with E-state index >= 15 is 0 Å². The molecular weight excluding hydrogens is 516 g/mol. The molecule has 0 fully saturated rings. The van der Waals surface area contributed by atoms with Gasteiger partial charge < -0.3 is 19.9 Å². The van der Waals surface area contributed by atoms with Gasteiger partial charge in [-0.3, -0.25) is 0 Å². The number of aromatic nitrogens is 2. The second-order valence-corrected chi connectivity index (χ2v) is 10.7. The Kier molecular flexibility index (Phi) is 8.03. The van der Waals surface area contributed by atoms with E-state index in [-0.39, 0.29) is 11.5 Å². The highest BCUT2D eigenvalue weighted by Crippen LogP contribution is 2.28. The van der Waals surface area contributed by atoms with Gasteiger partial charge in [0.15, 0.2) is 0 Å². The molecule has 11 heteroatoms. The zero-order valence-electron chi connectivity index (χ0n) is 22.3. The highest BCUT2D eigenvalue weighted by atomic mass is 32.2. The van der Waals surface area contributed by atoms with Gasteiger partial charge in [-0.15, -0.1) is 4.40 Å². The van der Waals surface area contributed by atoms with Gasteiger partial charge in [0, 0.05) is 32.7 Å². The van der Waals surface area contributed by atoms with Crippen molar-refractivity contribution < 1.29 is 18.3 Å². The predicted octanol–water partition coefficient (Wildman–Crippen LogP) is 4.24. The fourth-order valence-corrected chi connectivity index (χ4v) is 4.91. The van der Waals surface area contributed by atoms with Crippen molar-refractivity contribution >= 4 is 38.9 Å². The van der Waals surface area contributed by atoms with Crippen LogP contribution >= 0.6 is 0 Å². The van der Waals surface area contributed by atoms with E-state index in [0.29, 0.717) is 17.8 Å². The number of rotatable bonds is 8. The summed E-state index contributed by atoms with van der Waals surface area (Å²) in [5.74, 6) is 0.0718. The van der Waals surface area contributed by atoms with Crippen LogP contribution in [0.15, 0.2) is 65.1 Å². The molecular formula is C28H32N6O4S. The van der Waals surface area contributed by atoms with Crippen LogP contribution in [0.4, 0.5) is 5.69 Å². The molecule has 0 unspecified atom stereocenters. The van der Waals surface area contributed by atoms with Crippen molar-refractivity contribution in [1.29, 1.82) is 0 Å². The van der Waals surface area contributed by atoms with Gasteiger partial charge in [0.05, 0.1) is 16.6 Å². The Morgan fingerprint density at radius 1 is 1.13 bits per heavy atom. The van der Waals surface area contributed by atoms with Crippen LogP contribution in [0, 0.1) is 6.92 Å². The number of hydrogen-bond acceptors (Lipinski definition) is 4. The maximum Gasteiger partial charge on any atom is 0.336 e. The average molecular weight is 549 g/mol. The third kappa shape index (κ3) is 6.44. The Balaban J connectivity index is 1.73. The number of carboxylic acids is 1. The van der Waals surface area contributed by atoms with Crippen molar-refractivity contribution in [3.8, 4) is 11.1 Å². The summed E-state index contributed by atoms with van der Waals surface area (Å²) in [5.41, 5.74) is 6.13. The summed E-state index contributed by atoms with van der Waals surface area (Å²) < 4.78 is 29.0. The summed E-state index contributed by atoms with van der Waals surface area (Å²) in [7, 11) is -0.748. The highest BCUT2D eigenvalue weighted by Gasteiger charge is 2.16. The minimum Gasteiger partial charge on any atom is -0.478 e. The average Bonchev–Trinajstić information content (AvgIpc) is 3.21. The van der Waals surface area contributed by atoms with Crippen LogP contribution in [0.5, 0.6) is 0 Å². The number of nitrogens with one attached hydrogen (secondary N) is 1. The van der Waals surface area contributed by atoms with Crippen molar-refractivity contribution in [3.05, 3.63) is 83.2 Å². The zero-order valence-corrected chi connectivity index (χ0v) is 23.2. The number of nitrogens with zero attached hydrogens (tertiary/aromatic N) is 4. The summed E-state index contributed by atoms with van der Waals surface area (Å²) in [6.07, 6.45) is 1.71. The molecule has 0 saturated carbocycles. The standard InChI is InChI=1S/C28H32N6O4S/c1-5-8-25-31-26-18(2)15-21(30-28(33(3)4)32-39(29,37)38)16-24(26)34(25)17-19-11-13-20(14-12-19)22-9-6-7-10-23(22)27(35)36/h6-7,9-16H,5,8,17H2,1-4H3,(H,30,32)(H,35,36)(H2,29,37,38). The smallest absolute Gasteiger partial charge is 0.336 e. The van der Waals surface area contributed by atoms with Crippen molar-refractivity contribution in [2.75, 3.05) is 19.4 Å². The van der Waals surface area contributed by atoms with Crippen LogP contribution in [0.1, 0.15) is 40.7 Å². The molecule has 1 heterocycles. The van der Waals surface area contributed by atoms with E-state index in [1.807, 2.05) is 49.4 Å². The summed E-state index contributed by atoms with van der Waals surface area (Å²) in [6.45, 7) is 4.62. The Morgan fingerprint density at radius 2 is 1.82 bits per heavy atom. The molecule has 3 aromatic carbocycles. The number of carbonyl (C=O) groups is 1. The van der Waals surface area contributed by atoms with Crippen LogP contribution in [0.3, 0.4) is 0 Å². The molecule has 0 amide bonds. The number of aromatic carboxylic acids is 1. The molecule has 39 heavy (non-hydrogen) atoms. The number of guanidine groups is 1. The van der Waals surface area contributed by atoms with Gasteiger partial charge in [0.25, 0.3) is 0 Å². The molecule has 1 aromatic heterocycles. The normalized spacial score (nSPS) is 12.1. The third-order valence-corrected chi connectivity index (χ3v) is 6.68. The maximum absolute atomic E-state index is 11.7. The number of imidazole rings is 1. The van der Waals surface area contributed by atoms with E-state index in [0.717, 1.165) is 46.4 Å². The van der Waals surface area contributed by atoms with Crippen LogP contribution in [-0.4, -0.2) is 54.0 Å². The van der Waals surface area contributed by atoms with Gasteiger partial charge in [-0.05, 0) is 53.8 Å². The molecule has 0 saturated heterocycles. The second kappa shape index (κ2) is 11.3. The minimum absolute atomic E-state index is 0.0910. The minimum atomic E-state index is -4.09. The zero-order chi connectivity index (χ0) is 28.3. The fourth-order valence-electron chi connectivity index (χ4n) is 4.46. The van der Waals surface area contributed by atoms with E-state index < -0.39 is 16.2 Å². The van der Waals surface area contributed by atoms with Crippen LogP contribution in [0.2, 0.25) is 0 Å². The number of aryl methyl sites for hydroxylation is 2. The monoisotopic (exact) mass is 548 g/mol. The summed E-state index contributed by atoms with van der Waals surface area (Å²) >= 11 is 0. The molecule has 0 aliphatic carbocycles. The van der Waals surface area contributed by atoms with E-state index in [9.17, 15) is 18.3 Å². The Labute approximate surface area is 228 Å². The van der Waals surface area contributed by atoms with Gasteiger partial charge in [-0.2, -0.15) is 8.42 Å². The molecule has 0 bridgehead atoms. The summed E-state index contributed by atoms with van der Waals surface area (Å²) in [5, 5.41) is 17.8. The lowest BCUT2D eigenvalue weighted by Gasteiger charge is -2.17. The van der Waals surface area contributed by atoms with Crippen molar-refractivity contribution in [3.63, 3.8) is 0 Å². The maximum atomic E-state index is 11.7.